The Morgan fingerprint density at radius 2 is 1.48 bits per heavy atom. The largest absolute Gasteiger partial charge is 0.289 e. The van der Waals surface area contributed by atoms with E-state index in [0.717, 1.165) is 24.0 Å². The average Bonchev–Trinajstić information content (AvgIpc) is 2.93. The van der Waals surface area contributed by atoms with E-state index in [9.17, 15) is 4.79 Å². The van der Waals surface area contributed by atoms with Crippen molar-refractivity contribution in [1.29, 1.82) is 0 Å². The van der Waals surface area contributed by atoms with Gasteiger partial charge in [-0.3, -0.25) is 4.79 Å². The Morgan fingerprint density at radius 3 is 2.14 bits per heavy atom. The van der Waals surface area contributed by atoms with Gasteiger partial charge in [-0.05, 0) is 47.4 Å². The van der Waals surface area contributed by atoms with E-state index in [-0.39, 0.29) is 11.2 Å². The van der Waals surface area contributed by atoms with Crippen molar-refractivity contribution in [2.75, 3.05) is 0 Å². The van der Waals surface area contributed by atoms with Gasteiger partial charge in [0.15, 0.2) is 5.78 Å². The summed E-state index contributed by atoms with van der Waals surface area (Å²) in [6.45, 7) is 6.55. The molecular weight excluding hydrogens is 256 g/mol. The van der Waals surface area contributed by atoms with Crippen molar-refractivity contribution >= 4 is 5.78 Å². The molecule has 1 aliphatic rings. The van der Waals surface area contributed by atoms with Crippen molar-refractivity contribution in [3.8, 4) is 0 Å². The molecule has 0 spiro atoms. The van der Waals surface area contributed by atoms with Crippen LogP contribution in [0.1, 0.15) is 59.8 Å². The minimum Gasteiger partial charge on any atom is -0.289 e. The Hall–Kier alpha value is -1.89. The van der Waals surface area contributed by atoms with Crippen molar-refractivity contribution in [3.63, 3.8) is 0 Å². The first-order valence-electron chi connectivity index (χ1n) is 7.72. The predicted octanol–water partition coefficient (Wildman–Crippen LogP) is 4.70. The zero-order valence-electron chi connectivity index (χ0n) is 13.1. The van der Waals surface area contributed by atoms with Crippen LogP contribution in [0, 0.1) is 0 Å². The second-order valence-corrected chi connectivity index (χ2v) is 6.99. The molecule has 0 amide bonds. The van der Waals surface area contributed by atoms with Gasteiger partial charge in [0.05, 0.1) is 0 Å². The highest BCUT2D eigenvalue weighted by Crippen LogP contribution is 2.25. The summed E-state index contributed by atoms with van der Waals surface area (Å²) < 4.78 is 0. The number of aryl methyl sites for hydroxylation is 2. The highest BCUT2D eigenvalue weighted by atomic mass is 16.1. The fourth-order valence-electron chi connectivity index (χ4n) is 3.00. The van der Waals surface area contributed by atoms with Crippen LogP contribution in [0.25, 0.3) is 0 Å². The van der Waals surface area contributed by atoms with Crippen molar-refractivity contribution in [3.05, 3.63) is 70.3 Å². The van der Waals surface area contributed by atoms with Crippen LogP contribution >= 0.6 is 0 Å². The number of benzene rings is 2. The molecule has 2 aromatic rings. The Balaban J connectivity index is 1.88. The second-order valence-electron chi connectivity index (χ2n) is 6.99. The summed E-state index contributed by atoms with van der Waals surface area (Å²) in [6, 6.07) is 14.2. The molecule has 0 aliphatic heterocycles. The van der Waals surface area contributed by atoms with Gasteiger partial charge < -0.3 is 0 Å². The third-order valence-corrected chi connectivity index (χ3v) is 4.37. The number of ketones is 1. The van der Waals surface area contributed by atoms with E-state index in [2.05, 4.69) is 45.0 Å². The van der Waals surface area contributed by atoms with Gasteiger partial charge in [0.25, 0.3) is 0 Å². The smallest absolute Gasteiger partial charge is 0.193 e. The van der Waals surface area contributed by atoms with Gasteiger partial charge in [-0.1, -0.05) is 57.2 Å². The summed E-state index contributed by atoms with van der Waals surface area (Å²) in [5.41, 5.74) is 5.74. The number of fused-ring (bicyclic) bond motifs is 1. The molecule has 0 N–H and O–H groups in total. The lowest BCUT2D eigenvalue weighted by atomic mass is 9.86. The Bertz CT molecular complexity index is 672. The Labute approximate surface area is 127 Å². The van der Waals surface area contributed by atoms with Gasteiger partial charge in [0.2, 0.25) is 0 Å². The maximum absolute atomic E-state index is 12.6. The summed E-state index contributed by atoms with van der Waals surface area (Å²) in [6.07, 6.45) is 3.48. The first-order chi connectivity index (χ1) is 9.95. The van der Waals surface area contributed by atoms with Crippen LogP contribution in [0.4, 0.5) is 0 Å². The quantitative estimate of drug-likeness (QED) is 0.727. The van der Waals surface area contributed by atoms with Crippen LogP contribution in [0.15, 0.2) is 42.5 Å². The summed E-state index contributed by atoms with van der Waals surface area (Å²) in [5, 5.41) is 0. The van der Waals surface area contributed by atoms with Crippen molar-refractivity contribution < 1.29 is 4.79 Å². The highest BCUT2D eigenvalue weighted by molar-refractivity contribution is 6.09. The van der Waals surface area contributed by atoms with Crippen molar-refractivity contribution in [2.45, 2.75) is 45.4 Å². The topological polar surface area (TPSA) is 17.1 Å². The maximum atomic E-state index is 12.6. The normalized spacial score (nSPS) is 14.0. The fraction of sp³-hybridized carbons (Fsp3) is 0.350. The lowest BCUT2D eigenvalue weighted by Gasteiger charge is -2.19. The van der Waals surface area contributed by atoms with Crippen molar-refractivity contribution in [1.82, 2.24) is 0 Å². The summed E-state index contributed by atoms with van der Waals surface area (Å²) >= 11 is 0. The molecule has 1 aliphatic carbocycles. The molecule has 2 aromatic carbocycles. The predicted molar refractivity (Wildman–Crippen MR) is 87.0 cm³/mol. The van der Waals surface area contributed by atoms with Gasteiger partial charge in [-0.15, -0.1) is 0 Å². The number of hydrogen-bond donors (Lipinski definition) is 0. The molecular formula is C20H22O. The molecule has 0 heterocycles. The maximum Gasteiger partial charge on any atom is 0.193 e. The number of carbonyl (C=O) groups excluding carboxylic acids is 1. The minimum atomic E-state index is 0.120. The van der Waals surface area contributed by atoms with Crippen LogP contribution < -0.4 is 0 Å². The van der Waals surface area contributed by atoms with Gasteiger partial charge in [0.1, 0.15) is 0 Å². The van der Waals surface area contributed by atoms with Gasteiger partial charge in [-0.25, -0.2) is 0 Å². The average molecular weight is 278 g/mol. The van der Waals surface area contributed by atoms with E-state index in [1.807, 2.05) is 18.2 Å². The molecule has 21 heavy (non-hydrogen) atoms. The lowest BCUT2D eigenvalue weighted by molar-refractivity contribution is 0.103. The second kappa shape index (κ2) is 5.14. The van der Waals surface area contributed by atoms with E-state index in [0.29, 0.717) is 0 Å². The molecule has 0 radical (unpaired) electrons. The molecule has 0 bridgehead atoms. The van der Waals surface area contributed by atoms with Crippen molar-refractivity contribution in [2.24, 2.45) is 0 Å². The van der Waals surface area contributed by atoms with Crippen LogP contribution in [0.2, 0.25) is 0 Å². The standard InChI is InChI=1S/C20H22O/c1-20(2,3)18-11-9-15(10-12-18)19(21)17-8-7-14-5-4-6-16(14)13-17/h7-13H,4-6H2,1-3H3. The third-order valence-electron chi connectivity index (χ3n) is 4.37. The van der Waals surface area contributed by atoms with E-state index in [1.165, 1.54) is 23.1 Å². The van der Waals surface area contributed by atoms with Crippen LogP contribution in [0.3, 0.4) is 0 Å². The Kier molecular flexibility index (Phi) is 3.44. The molecule has 3 rings (SSSR count). The van der Waals surface area contributed by atoms with E-state index >= 15 is 0 Å². The van der Waals surface area contributed by atoms with E-state index in [4.69, 9.17) is 0 Å². The molecule has 108 valence electrons. The molecule has 0 aromatic heterocycles. The molecule has 0 atom stereocenters. The molecule has 0 fully saturated rings. The number of rotatable bonds is 2. The van der Waals surface area contributed by atoms with Crippen LogP contribution in [-0.4, -0.2) is 5.78 Å². The summed E-state index contributed by atoms with van der Waals surface area (Å²) in [7, 11) is 0. The number of carbonyl (C=O) groups is 1. The van der Waals surface area contributed by atoms with Gasteiger partial charge in [0, 0.05) is 11.1 Å². The summed E-state index contributed by atoms with van der Waals surface area (Å²) in [4.78, 5) is 12.6. The molecule has 0 saturated heterocycles. The van der Waals surface area contributed by atoms with Crippen LogP contribution in [-0.2, 0) is 18.3 Å². The first-order valence-corrected chi connectivity index (χ1v) is 7.72. The lowest BCUT2D eigenvalue weighted by Crippen LogP contribution is -2.11. The third kappa shape index (κ3) is 2.78. The molecule has 1 nitrogen and oxygen atoms in total. The Morgan fingerprint density at radius 1 is 0.857 bits per heavy atom. The van der Waals surface area contributed by atoms with Crippen LogP contribution in [0.5, 0.6) is 0 Å². The monoisotopic (exact) mass is 278 g/mol. The number of hydrogen-bond acceptors (Lipinski definition) is 1. The van der Waals surface area contributed by atoms with E-state index in [1.54, 1.807) is 0 Å². The highest BCUT2D eigenvalue weighted by Gasteiger charge is 2.17. The zero-order valence-corrected chi connectivity index (χ0v) is 13.1. The van der Waals surface area contributed by atoms with E-state index < -0.39 is 0 Å². The van der Waals surface area contributed by atoms with Gasteiger partial charge in [-0.2, -0.15) is 0 Å². The molecule has 0 saturated carbocycles. The molecule has 1 heteroatoms. The van der Waals surface area contributed by atoms with Gasteiger partial charge >= 0.3 is 0 Å². The SMILES string of the molecule is CC(C)(C)c1ccc(C(=O)c2ccc3c(c2)CCC3)cc1. The first kappa shape index (κ1) is 14.1. The minimum absolute atomic E-state index is 0.120. The fourth-order valence-corrected chi connectivity index (χ4v) is 3.00. The zero-order chi connectivity index (χ0) is 15.0. The summed E-state index contributed by atoms with van der Waals surface area (Å²) in [5.74, 6) is 0.130. The molecule has 0 unspecified atom stereocenters.